The molecule has 1 heterocycles. The van der Waals surface area contributed by atoms with Crippen molar-refractivity contribution in [2.75, 3.05) is 11.1 Å². The van der Waals surface area contributed by atoms with Crippen molar-refractivity contribution < 1.29 is 19.5 Å². The van der Waals surface area contributed by atoms with Gasteiger partial charge in [0.05, 0.1) is 28.0 Å². The summed E-state index contributed by atoms with van der Waals surface area (Å²) < 4.78 is 1.46. The first kappa shape index (κ1) is 17.7. The molecule has 0 atom stereocenters. The first-order chi connectivity index (χ1) is 12.5. The maximum atomic E-state index is 12.2. The number of nitrogens with zero attached hydrogens (tertiary/aromatic N) is 2. The second-order valence-electron chi connectivity index (χ2n) is 5.43. The van der Waals surface area contributed by atoms with Crippen LogP contribution in [0.3, 0.4) is 0 Å². The smallest absolute Gasteiger partial charge is 0.337 e. The molecule has 0 bridgehead atoms. The zero-order chi connectivity index (χ0) is 18.7. The number of para-hydroxylation sites is 3. The van der Waals surface area contributed by atoms with Crippen molar-refractivity contribution in [3.05, 3.63) is 54.1 Å². The highest BCUT2D eigenvalue weighted by atomic mass is 32.2. The number of amides is 1. The first-order valence-electron chi connectivity index (χ1n) is 7.71. The number of nitrogens with one attached hydrogen (secondary N) is 1. The minimum Gasteiger partial charge on any atom is -0.478 e. The molecular formula is C18H15N3O4S. The van der Waals surface area contributed by atoms with Crippen molar-refractivity contribution in [3.8, 4) is 0 Å². The summed E-state index contributed by atoms with van der Waals surface area (Å²) >= 11 is 1.11. The minimum atomic E-state index is -1.12. The van der Waals surface area contributed by atoms with Gasteiger partial charge in [-0.05, 0) is 24.3 Å². The molecule has 0 saturated carbocycles. The number of aromatic nitrogens is 2. The van der Waals surface area contributed by atoms with E-state index in [4.69, 9.17) is 5.11 Å². The fraction of sp³-hybridized carbons (Fsp3) is 0.111. The van der Waals surface area contributed by atoms with Crippen LogP contribution in [0.25, 0.3) is 11.0 Å². The van der Waals surface area contributed by atoms with Crippen LogP contribution in [0, 0.1) is 0 Å². The van der Waals surface area contributed by atoms with Gasteiger partial charge < -0.3 is 10.4 Å². The van der Waals surface area contributed by atoms with Crippen molar-refractivity contribution >= 4 is 46.3 Å². The van der Waals surface area contributed by atoms with Gasteiger partial charge >= 0.3 is 5.97 Å². The maximum Gasteiger partial charge on any atom is 0.337 e. The highest BCUT2D eigenvalue weighted by molar-refractivity contribution is 7.99. The SMILES string of the molecule is CC(=O)n1c(SCC(=O)Nc2ccccc2C(=O)O)nc2ccccc21. The Labute approximate surface area is 153 Å². The molecule has 26 heavy (non-hydrogen) atoms. The average Bonchev–Trinajstić information content (AvgIpc) is 2.99. The molecule has 3 aromatic rings. The van der Waals surface area contributed by atoms with Crippen molar-refractivity contribution in [2.24, 2.45) is 0 Å². The number of hydrogen-bond donors (Lipinski definition) is 2. The molecule has 2 N–H and O–H groups in total. The summed E-state index contributed by atoms with van der Waals surface area (Å²) in [5.74, 6) is -1.71. The number of carbonyl (C=O) groups is 3. The lowest BCUT2D eigenvalue weighted by atomic mass is 10.2. The van der Waals surface area contributed by atoms with Crippen LogP contribution >= 0.6 is 11.8 Å². The molecule has 7 nitrogen and oxygen atoms in total. The number of hydrogen-bond acceptors (Lipinski definition) is 5. The van der Waals surface area contributed by atoms with Crippen LogP contribution < -0.4 is 5.32 Å². The molecule has 1 aromatic heterocycles. The van der Waals surface area contributed by atoms with Crippen molar-refractivity contribution in [2.45, 2.75) is 12.1 Å². The number of carboxylic acids is 1. The van der Waals surface area contributed by atoms with Gasteiger partial charge in [0, 0.05) is 6.92 Å². The third-order valence-corrected chi connectivity index (χ3v) is 4.55. The van der Waals surface area contributed by atoms with Crippen LogP contribution in [-0.2, 0) is 4.79 Å². The topological polar surface area (TPSA) is 101 Å². The molecule has 2 aromatic carbocycles. The van der Waals surface area contributed by atoms with Crippen LogP contribution in [0.1, 0.15) is 22.1 Å². The first-order valence-corrected chi connectivity index (χ1v) is 8.69. The molecule has 3 rings (SSSR count). The molecule has 0 spiro atoms. The van der Waals surface area contributed by atoms with Crippen LogP contribution in [0.4, 0.5) is 5.69 Å². The summed E-state index contributed by atoms with van der Waals surface area (Å²) in [4.78, 5) is 39.7. The number of fused-ring (bicyclic) bond motifs is 1. The monoisotopic (exact) mass is 369 g/mol. The summed E-state index contributed by atoms with van der Waals surface area (Å²) in [5, 5.41) is 12.2. The number of carboxylic acid groups (broad SMARTS) is 1. The van der Waals surface area contributed by atoms with Crippen LogP contribution in [0.15, 0.2) is 53.7 Å². The van der Waals surface area contributed by atoms with E-state index in [1.165, 1.54) is 23.6 Å². The van der Waals surface area contributed by atoms with Gasteiger partial charge in [-0.3, -0.25) is 14.2 Å². The summed E-state index contributed by atoms with van der Waals surface area (Å²) in [6.45, 7) is 1.43. The Bertz CT molecular complexity index is 1010. The van der Waals surface area contributed by atoms with Gasteiger partial charge in [-0.25, -0.2) is 9.78 Å². The summed E-state index contributed by atoms with van der Waals surface area (Å²) in [5.41, 5.74) is 1.59. The number of imidazole rings is 1. The number of carbonyl (C=O) groups excluding carboxylic acids is 2. The standard InChI is InChI=1S/C18H15N3O4S/c1-11(22)21-15-9-5-4-8-14(15)20-18(21)26-10-16(23)19-13-7-3-2-6-12(13)17(24)25/h2-9H,10H2,1H3,(H,19,23)(H,24,25). The van der Waals surface area contributed by atoms with E-state index in [9.17, 15) is 14.4 Å². The van der Waals surface area contributed by atoms with E-state index >= 15 is 0 Å². The molecule has 8 heteroatoms. The Morgan fingerprint density at radius 2 is 1.81 bits per heavy atom. The maximum absolute atomic E-state index is 12.2. The van der Waals surface area contributed by atoms with E-state index in [1.807, 2.05) is 12.1 Å². The number of anilines is 1. The third kappa shape index (κ3) is 3.60. The lowest BCUT2D eigenvalue weighted by Crippen LogP contribution is -2.17. The Morgan fingerprint density at radius 1 is 1.12 bits per heavy atom. The van der Waals surface area contributed by atoms with E-state index < -0.39 is 5.97 Å². The molecular weight excluding hydrogens is 354 g/mol. The summed E-state index contributed by atoms with van der Waals surface area (Å²) in [7, 11) is 0. The molecule has 0 unspecified atom stereocenters. The molecule has 0 saturated heterocycles. The van der Waals surface area contributed by atoms with Gasteiger partial charge in [0.1, 0.15) is 0 Å². The van der Waals surface area contributed by atoms with Crippen molar-refractivity contribution in [3.63, 3.8) is 0 Å². The zero-order valence-electron chi connectivity index (χ0n) is 13.8. The lowest BCUT2D eigenvalue weighted by molar-refractivity contribution is -0.113. The molecule has 132 valence electrons. The molecule has 0 aliphatic carbocycles. The van der Waals surface area contributed by atoms with E-state index in [1.54, 1.807) is 24.3 Å². The van der Waals surface area contributed by atoms with E-state index in [0.717, 1.165) is 11.8 Å². The average molecular weight is 369 g/mol. The summed E-state index contributed by atoms with van der Waals surface area (Å²) in [6, 6.07) is 13.4. The molecule has 0 aliphatic heterocycles. The highest BCUT2D eigenvalue weighted by Gasteiger charge is 2.16. The lowest BCUT2D eigenvalue weighted by Gasteiger charge is -2.08. The number of rotatable bonds is 5. The fourth-order valence-electron chi connectivity index (χ4n) is 2.50. The summed E-state index contributed by atoms with van der Waals surface area (Å²) in [6.07, 6.45) is 0. The Kier molecular flexibility index (Phi) is 5.04. The Balaban J connectivity index is 1.77. The van der Waals surface area contributed by atoms with Gasteiger partial charge in [-0.15, -0.1) is 0 Å². The van der Waals surface area contributed by atoms with Gasteiger partial charge in [0.2, 0.25) is 11.8 Å². The number of thioether (sulfide) groups is 1. The normalized spacial score (nSPS) is 10.7. The second kappa shape index (κ2) is 7.40. The number of aromatic carboxylic acids is 1. The van der Waals surface area contributed by atoms with Crippen LogP contribution in [-0.4, -0.2) is 38.2 Å². The Hall–Kier alpha value is -3.13. The van der Waals surface area contributed by atoms with E-state index in [2.05, 4.69) is 10.3 Å². The highest BCUT2D eigenvalue weighted by Crippen LogP contribution is 2.24. The minimum absolute atomic E-state index is 0.00937. The van der Waals surface area contributed by atoms with Gasteiger partial charge in [0.15, 0.2) is 5.16 Å². The van der Waals surface area contributed by atoms with E-state index in [0.29, 0.717) is 16.2 Å². The molecule has 0 radical (unpaired) electrons. The van der Waals surface area contributed by atoms with Crippen LogP contribution in [0.5, 0.6) is 0 Å². The molecule has 0 fully saturated rings. The third-order valence-electron chi connectivity index (χ3n) is 3.61. The van der Waals surface area contributed by atoms with Crippen LogP contribution in [0.2, 0.25) is 0 Å². The fourth-order valence-corrected chi connectivity index (χ4v) is 3.35. The predicted octanol–water partition coefficient (Wildman–Crippen LogP) is 3.13. The largest absolute Gasteiger partial charge is 0.478 e. The second-order valence-corrected chi connectivity index (χ2v) is 6.37. The van der Waals surface area contributed by atoms with Gasteiger partial charge in [-0.1, -0.05) is 36.0 Å². The van der Waals surface area contributed by atoms with Gasteiger partial charge in [0.25, 0.3) is 0 Å². The predicted molar refractivity (Wildman–Crippen MR) is 98.8 cm³/mol. The zero-order valence-corrected chi connectivity index (χ0v) is 14.6. The van der Waals surface area contributed by atoms with Crippen molar-refractivity contribution in [1.82, 2.24) is 9.55 Å². The quantitative estimate of drug-likeness (QED) is 0.670. The molecule has 1 amide bonds. The van der Waals surface area contributed by atoms with Gasteiger partial charge in [-0.2, -0.15) is 0 Å². The van der Waals surface area contributed by atoms with E-state index in [-0.39, 0.29) is 28.8 Å². The molecule has 0 aliphatic rings. The number of benzene rings is 2. The Morgan fingerprint density at radius 3 is 2.54 bits per heavy atom. The van der Waals surface area contributed by atoms with Crippen molar-refractivity contribution in [1.29, 1.82) is 0 Å².